The van der Waals surface area contributed by atoms with Crippen molar-refractivity contribution in [2.24, 2.45) is 0 Å². The van der Waals surface area contributed by atoms with E-state index in [2.05, 4.69) is 19.1 Å². The van der Waals surface area contributed by atoms with Gasteiger partial charge in [0.25, 0.3) is 0 Å². The average molecular weight is 190 g/mol. The summed E-state index contributed by atoms with van der Waals surface area (Å²) >= 11 is 0. The molecule has 0 aliphatic heterocycles. The number of rotatable bonds is 2. The van der Waals surface area contributed by atoms with Gasteiger partial charge in [-0.1, -0.05) is 18.9 Å². The number of benzene rings is 1. The molecular formula is C13H18O. The van der Waals surface area contributed by atoms with Crippen molar-refractivity contribution in [3.8, 4) is 5.75 Å². The molecule has 0 spiro atoms. The summed E-state index contributed by atoms with van der Waals surface area (Å²) in [4.78, 5) is 0. The molecule has 1 heteroatoms. The molecule has 0 atom stereocenters. The Morgan fingerprint density at radius 2 is 1.93 bits per heavy atom. The second-order valence-corrected chi connectivity index (χ2v) is 4.20. The molecule has 1 saturated carbocycles. The summed E-state index contributed by atoms with van der Waals surface area (Å²) in [6, 6.07) is 6.44. The number of ether oxygens (including phenoxy) is 1. The van der Waals surface area contributed by atoms with Crippen LogP contribution in [0.1, 0.15) is 42.7 Å². The molecule has 0 saturated heterocycles. The highest BCUT2D eigenvalue weighted by Crippen LogP contribution is 2.36. The lowest BCUT2D eigenvalue weighted by Gasteiger charge is -2.14. The van der Waals surface area contributed by atoms with E-state index in [1.807, 2.05) is 6.07 Å². The van der Waals surface area contributed by atoms with Crippen LogP contribution in [0.15, 0.2) is 18.2 Å². The van der Waals surface area contributed by atoms with Crippen molar-refractivity contribution in [2.75, 3.05) is 7.11 Å². The first-order valence-electron chi connectivity index (χ1n) is 5.46. The van der Waals surface area contributed by atoms with Gasteiger partial charge >= 0.3 is 0 Å². The molecule has 76 valence electrons. The maximum Gasteiger partial charge on any atom is 0.119 e. The second kappa shape index (κ2) is 4.04. The van der Waals surface area contributed by atoms with E-state index in [9.17, 15) is 0 Å². The van der Waals surface area contributed by atoms with E-state index in [-0.39, 0.29) is 0 Å². The van der Waals surface area contributed by atoms with Crippen LogP contribution in [0.5, 0.6) is 5.75 Å². The van der Waals surface area contributed by atoms with Crippen LogP contribution < -0.4 is 4.74 Å². The van der Waals surface area contributed by atoms with E-state index in [1.165, 1.54) is 36.8 Å². The lowest BCUT2D eigenvalue weighted by atomic mass is 9.93. The smallest absolute Gasteiger partial charge is 0.119 e. The van der Waals surface area contributed by atoms with E-state index >= 15 is 0 Å². The minimum atomic E-state index is 0.782. The van der Waals surface area contributed by atoms with Crippen molar-refractivity contribution in [3.63, 3.8) is 0 Å². The zero-order chi connectivity index (χ0) is 9.97. The fourth-order valence-electron chi connectivity index (χ4n) is 2.42. The van der Waals surface area contributed by atoms with Crippen molar-refractivity contribution in [2.45, 2.75) is 38.5 Å². The minimum absolute atomic E-state index is 0.782. The summed E-state index contributed by atoms with van der Waals surface area (Å²) in [7, 11) is 1.74. The van der Waals surface area contributed by atoms with E-state index in [0.717, 1.165) is 11.7 Å². The van der Waals surface area contributed by atoms with E-state index in [0.29, 0.717) is 0 Å². The van der Waals surface area contributed by atoms with Crippen molar-refractivity contribution in [1.29, 1.82) is 0 Å². The predicted molar refractivity (Wildman–Crippen MR) is 58.9 cm³/mol. The molecule has 1 aliphatic rings. The minimum Gasteiger partial charge on any atom is -0.497 e. The molecule has 0 bridgehead atoms. The van der Waals surface area contributed by atoms with Gasteiger partial charge < -0.3 is 4.74 Å². The van der Waals surface area contributed by atoms with Gasteiger partial charge in [0, 0.05) is 0 Å². The van der Waals surface area contributed by atoms with Gasteiger partial charge in [-0.25, -0.2) is 0 Å². The van der Waals surface area contributed by atoms with Crippen LogP contribution in [0.2, 0.25) is 0 Å². The highest BCUT2D eigenvalue weighted by atomic mass is 16.5. The van der Waals surface area contributed by atoms with Crippen molar-refractivity contribution in [1.82, 2.24) is 0 Å². The number of hydrogen-bond acceptors (Lipinski definition) is 1. The predicted octanol–water partition coefficient (Wildman–Crippen LogP) is 3.66. The number of methoxy groups -OCH3 is 1. The fraction of sp³-hybridized carbons (Fsp3) is 0.538. The number of aryl methyl sites for hydroxylation is 1. The van der Waals surface area contributed by atoms with Crippen molar-refractivity contribution in [3.05, 3.63) is 29.3 Å². The van der Waals surface area contributed by atoms with Gasteiger partial charge in [0.15, 0.2) is 0 Å². The Hall–Kier alpha value is -0.980. The Morgan fingerprint density at radius 3 is 2.57 bits per heavy atom. The Labute approximate surface area is 86.1 Å². The van der Waals surface area contributed by atoms with E-state index in [4.69, 9.17) is 4.74 Å². The first-order valence-corrected chi connectivity index (χ1v) is 5.46. The molecule has 1 aromatic rings. The Balaban J connectivity index is 2.29. The largest absolute Gasteiger partial charge is 0.497 e. The summed E-state index contributed by atoms with van der Waals surface area (Å²) in [5, 5.41) is 0. The Bertz CT molecular complexity index is 311. The van der Waals surface area contributed by atoms with Crippen LogP contribution in [0.25, 0.3) is 0 Å². The molecule has 0 unspecified atom stereocenters. The first kappa shape index (κ1) is 9.57. The molecule has 1 aromatic carbocycles. The molecular weight excluding hydrogens is 172 g/mol. The van der Waals surface area contributed by atoms with E-state index in [1.54, 1.807) is 7.11 Å². The lowest BCUT2D eigenvalue weighted by Crippen LogP contribution is -1.96. The summed E-state index contributed by atoms with van der Waals surface area (Å²) in [6.45, 7) is 2.20. The van der Waals surface area contributed by atoms with Crippen LogP contribution in [0.3, 0.4) is 0 Å². The fourth-order valence-corrected chi connectivity index (χ4v) is 2.42. The zero-order valence-corrected chi connectivity index (χ0v) is 9.05. The van der Waals surface area contributed by atoms with Gasteiger partial charge in [-0.05, 0) is 48.9 Å². The van der Waals surface area contributed by atoms with Crippen LogP contribution in [0.4, 0.5) is 0 Å². The third-order valence-corrected chi connectivity index (χ3v) is 3.28. The standard InChI is InChI=1S/C13H18O/c1-10-7-8-12(14-2)9-13(10)11-5-3-4-6-11/h7-9,11H,3-6H2,1-2H3. The summed E-state index contributed by atoms with van der Waals surface area (Å²) in [5.74, 6) is 1.78. The first-order chi connectivity index (χ1) is 6.81. The van der Waals surface area contributed by atoms with Crippen LogP contribution in [-0.2, 0) is 0 Å². The molecule has 1 aliphatic carbocycles. The number of hydrogen-bond donors (Lipinski definition) is 0. The Kier molecular flexibility index (Phi) is 2.76. The third-order valence-electron chi connectivity index (χ3n) is 3.28. The highest BCUT2D eigenvalue weighted by molar-refractivity contribution is 5.37. The second-order valence-electron chi connectivity index (χ2n) is 4.20. The van der Waals surface area contributed by atoms with Gasteiger partial charge in [-0.2, -0.15) is 0 Å². The van der Waals surface area contributed by atoms with Crippen molar-refractivity contribution < 1.29 is 4.74 Å². The van der Waals surface area contributed by atoms with Gasteiger partial charge in [0.05, 0.1) is 7.11 Å². The molecule has 0 aromatic heterocycles. The monoisotopic (exact) mass is 190 g/mol. The SMILES string of the molecule is COc1ccc(C)c(C2CCCC2)c1. The van der Waals surface area contributed by atoms with Gasteiger partial charge in [0.1, 0.15) is 5.75 Å². The quantitative estimate of drug-likeness (QED) is 0.691. The summed E-state index contributed by atoms with van der Waals surface area (Å²) in [6.07, 6.45) is 5.49. The summed E-state index contributed by atoms with van der Waals surface area (Å²) < 4.78 is 5.27. The molecule has 0 radical (unpaired) electrons. The molecule has 0 amide bonds. The molecule has 0 heterocycles. The maximum atomic E-state index is 5.27. The molecule has 0 N–H and O–H groups in total. The Morgan fingerprint density at radius 1 is 1.21 bits per heavy atom. The van der Waals surface area contributed by atoms with Gasteiger partial charge in [-0.15, -0.1) is 0 Å². The van der Waals surface area contributed by atoms with Crippen LogP contribution >= 0.6 is 0 Å². The van der Waals surface area contributed by atoms with Crippen molar-refractivity contribution >= 4 is 0 Å². The highest BCUT2D eigenvalue weighted by Gasteiger charge is 2.18. The van der Waals surface area contributed by atoms with E-state index < -0.39 is 0 Å². The van der Waals surface area contributed by atoms with Gasteiger partial charge in [0.2, 0.25) is 0 Å². The zero-order valence-electron chi connectivity index (χ0n) is 9.05. The van der Waals surface area contributed by atoms with Crippen LogP contribution in [0, 0.1) is 6.92 Å². The third kappa shape index (κ3) is 1.77. The molecule has 14 heavy (non-hydrogen) atoms. The molecule has 1 nitrogen and oxygen atoms in total. The maximum absolute atomic E-state index is 5.27. The molecule has 2 rings (SSSR count). The molecule has 1 fully saturated rings. The van der Waals surface area contributed by atoms with Gasteiger partial charge in [-0.3, -0.25) is 0 Å². The normalized spacial score (nSPS) is 17.3. The lowest BCUT2D eigenvalue weighted by molar-refractivity contribution is 0.413. The van der Waals surface area contributed by atoms with Crippen LogP contribution in [-0.4, -0.2) is 7.11 Å². The average Bonchev–Trinajstić information content (AvgIpc) is 2.71. The summed E-state index contributed by atoms with van der Waals surface area (Å²) in [5.41, 5.74) is 2.92. The topological polar surface area (TPSA) is 9.23 Å².